The molecule has 0 aliphatic carbocycles. The molecular weight excluding hydrogens is 232 g/mol. The van der Waals surface area contributed by atoms with Gasteiger partial charge in [-0.1, -0.05) is 26.0 Å². The SMILES string of the molecule is CC(C)(CC(C)(C)c1ccc(S)cc1)C(=O)O. The standard InChI is InChI=1S/C14H20O2S/c1-13(2,9-14(3,4)12(15)16)10-5-7-11(17)8-6-10/h5-8,17H,9H2,1-4H3,(H,15,16). The molecule has 0 aromatic heterocycles. The summed E-state index contributed by atoms with van der Waals surface area (Å²) < 4.78 is 0. The molecule has 1 N–H and O–H groups in total. The van der Waals surface area contributed by atoms with Crippen molar-refractivity contribution in [2.45, 2.75) is 44.4 Å². The van der Waals surface area contributed by atoms with Crippen LogP contribution in [0.5, 0.6) is 0 Å². The predicted molar refractivity (Wildman–Crippen MR) is 72.8 cm³/mol. The Morgan fingerprint density at radius 2 is 1.65 bits per heavy atom. The predicted octanol–water partition coefficient (Wildman–Crippen LogP) is 3.75. The fourth-order valence-corrected chi connectivity index (χ4v) is 2.34. The van der Waals surface area contributed by atoms with Gasteiger partial charge < -0.3 is 5.11 Å². The molecule has 94 valence electrons. The molecule has 0 heterocycles. The van der Waals surface area contributed by atoms with E-state index in [2.05, 4.69) is 26.5 Å². The van der Waals surface area contributed by atoms with Crippen molar-refractivity contribution in [3.05, 3.63) is 29.8 Å². The van der Waals surface area contributed by atoms with Crippen molar-refractivity contribution in [3.8, 4) is 0 Å². The highest BCUT2D eigenvalue weighted by atomic mass is 32.1. The van der Waals surface area contributed by atoms with Gasteiger partial charge in [-0.2, -0.15) is 0 Å². The third-order valence-electron chi connectivity index (χ3n) is 3.11. The first-order valence-electron chi connectivity index (χ1n) is 5.68. The molecule has 0 aliphatic heterocycles. The van der Waals surface area contributed by atoms with E-state index in [0.717, 1.165) is 10.5 Å². The van der Waals surface area contributed by atoms with Crippen LogP contribution >= 0.6 is 12.6 Å². The molecule has 0 amide bonds. The summed E-state index contributed by atoms with van der Waals surface area (Å²) in [5, 5.41) is 9.18. The minimum absolute atomic E-state index is 0.163. The van der Waals surface area contributed by atoms with Gasteiger partial charge in [0, 0.05) is 4.90 Å². The molecule has 0 spiro atoms. The Morgan fingerprint density at radius 1 is 1.18 bits per heavy atom. The van der Waals surface area contributed by atoms with E-state index in [1.165, 1.54) is 0 Å². The average Bonchev–Trinajstić information content (AvgIpc) is 2.16. The van der Waals surface area contributed by atoms with E-state index in [4.69, 9.17) is 0 Å². The maximum Gasteiger partial charge on any atom is 0.309 e. The monoisotopic (exact) mass is 252 g/mol. The Hall–Kier alpha value is -0.960. The lowest BCUT2D eigenvalue weighted by Crippen LogP contribution is -2.32. The zero-order valence-corrected chi connectivity index (χ0v) is 11.7. The lowest BCUT2D eigenvalue weighted by atomic mass is 9.71. The van der Waals surface area contributed by atoms with E-state index < -0.39 is 11.4 Å². The molecule has 3 heteroatoms. The van der Waals surface area contributed by atoms with Gasteiger partial charge in [0.1, 0.15) is 0 Å². The minimum Gasteiger partial charge on any atom is -0.481 e. The molecule has 0 bridgehead atoms. The first-order chi connectivity index (χ1) is 7.65. The van der Waals surface area contributed by atoms with Crippen LogP contribution in [0, 0.1) is 5.41 Å². The minimum atomic E-state index is -0.753. The lowest BCUT2D eigenvalue weighted by molar-refractivity contribution is -0.148. The van der Waals surface area contributed by atoms with E-state index in [1.54, 1.807) is 13.8 Å². The molecule has 1 aromatic carbocycles. The smallest absolute Gasteiger partial charge is 0.309 e. The number of hydrogen-bond donors (Lipinski definition) is 2. The van der Waals surface area contributed by atoms with E-state index in [-0.39, 0.29) is 5.41 Å². The Balaban J connectivity index is 2.96. The molecule has 1 rings (SSSR count). The molecule has 0 unspecified atom stereocenters. The van der Waals surface area contributed by atoms with Gasteiger partial charge in [0.15, 0.2) is 0 Å². The summed E-state index contributed by atoms with van der Waals surface area (Å²) in [7, 11) is 0. The van der Waals surface area contributed by atoms with Crippen molar-refractivity contribution >= 4 is 18.6 Å². The molecular formula is C14H20O2S. The highest BCUT2D eigenvalue weighted by Crippen LogP contribution is 2.36. The largest absolute Gasteiger partial charge is 0.481 e. The number of hydrogen-bond acceptors (Lipinski definition) is 2. The maximum absolute atomic E-state index is 11.2. The van der Waals surface area contributed by atoms with Gasteiger partial charge in [0.25, 0.3) is 0 Å². The Bertz CT molecular complexity index is 405. The van der Waals surface area contributed by atoms with Crippen LogP contribution in [0.25, 0.3) is 0 Å². The van der Waals surface area contributed by atoms with Gasteiger partial charge in [0.05, 0.1) is 5.41 Å². The Morgan fingerprint density at radius 3 is 2.06 bits per heavy atom. The van der Waals surface area contributed by atoms with E-state index in [1.807, 2.05) is 24.3 Å². The molecule has 0 saturated carbocycles. The molecule has 0 aliphatic rings. The second-order valence-corrected chi connectivity index (χ2v) is 6.31. The molecule has 0 fully saturated rings. The van der Waals surface area contributed by atoms with Crippen LogP contribution in [-0.2, 0) is 10.2 Å². The van der Waals surface area contributed by atoms with Crippen molar-refractivity contribution < 1.29 is 9.90 Å². The van der Waals surface area contributed by atoms with Crippen molar-refractivity contribution in [2.24, 2.45) is 5.41 Å². The van der Waals surface area contributed by atoms with Crippen LogP contribution in [-0.4, -0.2) is 11.1 Å². The topological polar surface area (TPSA) is 37.3 Å². The van der Waals surface area contributed by atoms with Crippen LogP contribution in [0.15, 0.2) is 29.2 Å². The van der Waals surface area contributed by atoms with Crippen LogP contribution in [0.1, 0.15) is 39.7 Å². The van der Waals surface area contributed by atoms with E-state index >= 15 is 0 Å². The first-order valence-corrected chi connectivity index (χ1v) is 6.13. The van der Waals surface area contributed by atoms with Gasteiger partial charge in [-0.3, -0.25) is 4.79 Å². The number of benzene rings is 1. The van der Waals surface area contributed by atoms with E-state index in [0.29, 0.717) is 6.42 Å². The summed E-state index contributed by atoms with van der Waals surface area (Å²) in [6, 6.07) is 7.91. The second kappa shape index (κ2) is 4.73. The fourth-order valence-electron chi connectivity index (χ4n) is 2.20. The maximum atomic E-state index is 11.2. The molecule has 0 saturated heterocycles. The summed E-state index contributed by atoms with van der Waals surface area (Å²) in [5.74, 6) is -0.753. The zero-order chi connectivity index (χ0) is 13.3. The van der Waals surface area contributed by atoms with Gasteiger partial charge in [-0.25, -0.2) is 0 Å². The van der Waals surface area contributed by atoms with Gasteiger partial charge >= 0.3 is 5.97 Å². The fraction of sp³-hybridized carbons (Fsp3) is 0.500. The van der Waals surface area contributed by atoms with Crippen molar-refractivity contribution in [3.63, 3.8) is 0 Å². The zero-order valence-electron chi connectivity index (χ0n) is 10.8. The third-order valence-corrected chi connectivity index (χ3v) is 3.41. The molecule has 0 atom stereocenters. The number of carboxylic acid groups (broad SMARTS) is 1. The average molecular weight is 252 g/mol. The first kappa shape index (κ1) is 14.1. The van der Waals surface area contributed by atoms with Crippen LogP contribution in [0.4, 0.5) is 0 Å². The van der Waals surface area contributed by atoms with Gasteiger partial charge in [-0.15, -0.1) is 12.6 Å². The summed E-state index contributed by atoms with van der Waals surface area (Å²) in [4.78, 5) is 12.1. The number of aliphatic carboxylic acids is 1. The summed E-state index contributed by atoms with van der Waals surface area (Å²) >= 11 is 4.25. The summed E-state index contributed by atoms with van der Waals surface area (Å²) in [6.07, 6.45) is 0.598. The van der Waals surface area contributed by atoms with Crippen molar-refractivity contribution in [2.75, 3.05) is 0 Å². The van der Waals surface area contributed by atoms with Crippen molar-refractivity contribution in [1.29, 1.82) is 0 Å². The lowest BCUT2D eigenvalue weighted by Gasteiger charge is -2.32. The Kier molecular flexibility index (Phi) is 3.92. The van der Waals surface area contributed by atoms with Crippen LogP contribution < -0.4 is 0 Å². The summed E-state index contributed by atoms with van der Waals surface area (Å²) in [6.45, 7) is 7.69. The molecule has 0 radical (unpaired) electrons. The third kappa shape index (κ3) is 3.50. The number of carbonyl (C=O) groups is 1. The quantitative estimate of drug-likeness (QED) is 0.801. The Labute approximate surface area is 108 Å². The highest BCUT2D eigenvalue weighted by molar-refractivity contribution is 7.80. The molecule has 17 heavy (non-hydrogen) atoms. The van der Waals surface area contributed by atoms with Crippen molar-refractivity contribution in [1.82, 2.24) is 0 Å². The second-order valence-electron chi connectivity index (χ2n) is 5.80. The number of rotatable bonds is 4. The molecule has 2 nitrogen and oxygen atoms in total. The van der Waals surface area contributed by atoms with Gasteiger partial charge in [0.2, 0.25) is 0 Å². The molecule has 1 aromatic rings. The van der Waals surface area contributed by atoms with Crippen LogP contribution in [0.2, 0.25) is 0 Å². The highest BCUT2D eigenvalue weighted by Gasteiger charge is 2.35. The summed E-state index contributed by atoms with van der Waals surface area (Å²) in [5.41, 5.74) is 0.261. The van der Waals surface area contributed by atoms with Crippen LogP contribution in [0.3, 0.4) is 0 Å². The van der Waals surface area contributed by atoms with E-state index in [9.17, 15) is 9.90 Å². The normalized spacial score (nSPS) is 12.5. The number of thiol groups is 1. The number of carboxylic acids is 1. The van der Waals surface area contributed by atoms with Gasteiger partial charge in [-0.05, 0) is 43.4 Å².